The Kier molecular flexibility index (Phi) is 7.63. The van der Waals surface area contributed by atoms with Gasteiger partial charge in [0.25, 0.3) is 5.91 Å². The topological polar surface area (TPSA) is 64.8 Å². The van der Waals surface area contributed by atoms with Gasteiger partial charge in [0.05, 0.1) is 12.2 Å². The number of carbonyl (C=O) groups excluding carboxylic acids is 1. The van der Waals surface area contributed by atoms with Gasteiger partial charge in [-0.1, -0.05) is 12.1 Å². The minimum absolute atomic E-state index is 0.103. The SMILES string of the molecule is COCCN(CCCN)C(=O)c1ccccc1OC(F)F. The number of hydrogen-bond acceptors (Lipinski definition) is 4. The number of para-hydroxylation sites is 1. The second-order valence-electron chi connectivity index (χ2n) is 4.30. The Bertz CT molecular complexity index is 436. The number of hydrogen-bond donors (Lipinski definition) is 1. The molecule has 21 heavy (non-hydrogen) atoms. The summed E-state index contributed by atoms with van der Waals surface area (Å²) in [6.45, 7) is -1.39. The lowest BCUT2D eigenvalue weighted by Crippen LogP contribution is -2.36. The Labute approximate surface area is 122 Å². The van der Waals surface area contributed by atoms with Crippen LogP contribution < -0.4 is 10.5 Å². The smallest absolute Gasteiger partial charge is 0.387 e. The van der Waals surface area contributed by atoms with E-state index in [1.54, 1.807) is 6.07 Å². The molecule has 2 N–H and O–H groups in total. The van der Waals surface area contributed by atoms with E-state index in [2.05, 4.69) is 4.74 Å². The van der Waals surface area contributed by atoms with Crippen molar-refractivity contribution in [2.75, 3.05) is 33.4 Å². The van der Waals surface area contributed by atoms with Gasteiger partial charge in [0.1, 0.15) is 5.75 Å². The van der Waals surface area contributed by atoms with Crippen LogP contribution in [0.1, 0.15) is 16.8 Å². The summed E-state index contributed by atoms with van der Waals surface area (Å²) >= 11 is 0. The van der Waals surface area contributed by atoms with Gasteiger partial charge < -0.3 is 20.1 Å². The number of ether oxygens (including phenoxy) is 2. The van der Waals surface area contributed by atoms with E-state index in [0.29, 0.717) is 32.7 Å². The highest BCUT2D eigenvalue weighted by Gasteiger charge is 2.20. The fraction of sp³-hybridized carbons (Fsp3) is 0.500. The molecule has 0 atom stereocenters. The standard InChI is InChI=1S/C14H20F2N2O3/c1-20-10-9-18(8-4-7-17)13(19)11-5-2-3-6-12(11)21-14(15)16/h2-3,5-6,14H,4,7-10,17H2,1H3. The van der Waals surface area contributed by atoms with Crippen molar-refractivity contribution in [1.29, 1.82) is 0 Å². The van der Waals surface area contributed by atoms with Crippen LogP contribution in [0, 0.1) is 0 Å². The van der Waals surface area contributed by atoms with Gasteiger partial charge in [-0.05, 0) is 25.1 Å². The minimum atomic E-state index is -2.98. The van der Waals surface area contributed by atoms with Crippen LogP contribution in [0.4, 0.5) is 8.78 Å². The molecule has 1 rings (SSSR count). The number of methoxy groups -OCH3 is 1. The molecule has 0 bridgehead atoms. The normalized spacial score (nSPS) is 10.7. The van der Waals surface area contributed by atoms with Gasteiger partial charge >= 0.3 is 6.61 Å². The molecule has 0 aliphatic carbocycles. The molecule has 1 amide bonds. The summed E-state index contributed by atoms with van der Waals surface area (Å²) in [5.74, 6) is -0.510. The summed E-state index contributed by atoms with van der Waals surface area (Å²) in [5.41, 5.74) is 5.55. The number of benzene rings is 1. The maximum Gasteiger partial charge on any atom is 0.387 e. The van der Waals surface area contributed by atoms with Crippen molar-refractivity contribution >= 4 is 5.91 Å². The third kappa shape index (κ3) is 5.65. The highest BCUT2D eigenvalue weighted by Crippen LogP contribution is 2.22. The zero-order valence-electron chi connectivity index (χ0n) is 11.9. The van der Waals surface area contributed by atoms with Gasteiger partial charge in [-0.2, -0.15) is 8.78 Å². The molecule has 7 heteroatoms. The molecule has 118 valence electrons. The van der Waals surface area contributed by atoms with Gasteiger partial charge in [0.2, 0.25) is 0 Å². The molecule has 5 nitrogen and oxygen atoms in total. The molecule has 0 unspecified atom stereocenters. The van der Waals surface area contributed by atoms with E-state index < -0.39 is 6.61 Å². The van der Waals surface area contributed by atoms with Crippen LogP contribution in [-0.2, 0) is 4.74 Å². The summed E-state index contributed by atoms with van der Waals surface area (Å²) in [5, 5.41) is 0. The van der Waals surface area contributed by atoms with Gasteiger partial charge in [-0.25, -0.2) is 0 Å². The van der Waals surface area contributed by atoms with Crippen molar-refractivity contribution in [2.45, 2.75) is 13.0 Å². The summed E-state index contributed by atoms with van der Waals surface area (Å²) in [7, 11) is 1.53. The van der Waals surface area contributed by atoms with Crippen molar-refractivity contribution in [3.8, 4) is 5.75 Å². The lowest BCUT2D eigenvalue weighted by Gasteiger charge is -2.23. The van der Waals surface area contributed by atoms with E-state index in [0.717, 1.165) is 0 Å². The van der Waals surface area contributed by atoms with Crippen LogP contribution in [0.25, 0.3) is 0 Å². The van der Waals surface area contributed by atoms with Crippen LogP contribution in [0.5, 0.6) is 5.75 Å². The predicted octanol–water partition coefficient (Wildman–Crippen LogP) is 1.73. The molecule has 0 fully saturated rings. The van der Waals surface area contributed by atoms with E-state index >= 15 is 0 Å². The number of halogens is 2. The van der Waals surface area contributed by atoms with Crippen LogP contribution in [0.15, 0.2) is 24.3 Å². The monoisotopic (exact) mass is 302 g/mol. The first-order chi connectivity index (χ1) is 10.1. The summed E-state index contributed by atoms with van der Waals surface area (Å²) in [4.78, 5) is 14.0. The predicted molar refractivity (Wildman–Crippen MR) is 74.5 cm³/mol. The highest BCUT2D eigenvalue weighted by atomic mass is 19.3. The Morgan fingerprint density at radius 1 is 1.33 bits per heavy atom. The quantitative estimate of drug-likeness (QED) is 0.754. The molecular weight excluding hydrogens is 282 g/mol. The third-order valence-electron chi connectivity index (χ3n) is 2.82. The fourth-order valence-electron chi connectivity index (χ4n) is 1.81. The first kappa shape index (κ1) is 17.3. The number of carbonyl (C=O) groups is 1. The average molecular weight is 302 g/mol. The second kappa shape index (κ2) is 9.25. The number of nitrogens with zero attached hydrogens (tertiary/aromatic N) is 1. The molecule has 0 saturated carbocycles. The van der Waals surface area contributed by atoms with E-state index in [1.165, 1.54) is 30.2 Å². The summed E-state index contributed by atoms with van der Waals surface area (Å²) in [6.07, 6.45) is 0.618. The summed E-state index contributed by atoms with van der Waals surface area (Å²) in [6, 6.07) is 5.94. The number of rotatable bonds is 9. The number of nitrogens with two attached hydrogens (primary N) is 1. The van der Waals surface area contributed by atoms with Crippen molar-refractivity contribution in [2.24, 2.45) is 5.73 Å². The maximum atomic E-state index is 12.5. The molecular formula is C14H20F2N2O3. The molecule has 0 spiro atoms. The highest BCUT2D eigenvalue weighted by molar-refractivity contribution is 5.96. The minimum Gasteiger partial charge on any atom is -0.434 e. The molecule has 1 aromatic rings. The van der Waals surface area contributed by atoms with Crippen LogP contribution in [-0.4, -0.2) is 50.8 Å². The summed E-state index contributed by atoms with van der Waals surface area (Å²) < 4.78 is 34.1. The second-order valence-corrected chi connectivity index (χ2v) is 4.30. The molecule has 0 saturated heterocycles. The van der Waals surface area contributed by atoms with Gasteiger partial charge in [-0.15, -0.1) is 0 Å². The Morgan fingerprint density at radius 3 is 2.67 bits per heavy atom. The third-order valence-corrected chi connectivity index (χ3v) is 2.82. The molecule has 0 aromatic heterocycles. The molecule has 1 aromatic carbocycles. The fourth-order valence-corrected chi connectivity index (χ4v) is 1.81. The van der Waals surface area contributed by atoms with E-state index in [1.807, 2.05) is 0 Å². The van der Waals surface area contributed by atoms with E-state index in [4.69, 9.17) is 10.5 Å². The Balaban J connectivity index is 2.91. The van der Waals surface area contributed by atoms with Crippen LogP contribution in [0.3, 0.4) is 0 Å². The number of alkyl halides is 2. The largest absolute Gasteiger partial charge is 0.434 e. The molecule has 0 aliphatic rings. The molecule has 0 heterocycles. The Hall–Kier alpha value is -1.73. The maximum absolute atomic E-state index is 12.5. The first-order valence-corrected chi connectivity index (χ1v) is 6.62. The van der Waals surface area contributed by atoms with Gasteiger partial charge in [-0.3, -0.25) is 4.79 Å². The zero-order chi connectivity index (χ0) is 15.7. The first-order valence-electron chi connectivity index (χ1n) is 6.62. The Morgan fingerprint density at radius 2 is 2.05 bits per heavy atom. The van der Waals surface area contributed by atoms with Gasteiger partial charge in [0, 0.05) is 20.2 Å². The molecule has 0 radical (unpaired) electrons. The molecule has 0 aliphatic heterocycles. The number of amides is 1. The zero-order valence-corrected chi connectivity index (χ0v) is 11.9. The van der Waals surface area contributed by atoms with E-state index in [9.17, 15) is 13.6 Å². The van der Waals surface area contributed by atoms with E-state index in [-0.39, 0.29) is 17.2 Å². The van der Waals surface area contributed by atoms with Crippen molar-refractivity contribution < 1.29 is 23.0 Å². The van der Waals surface area contributed by atoms with Crippen molar-refractivity contribution in [1.82, 2.24) is 4.90 Å². The van der Waals surface area contributed by atoms with Crippen LogP contribution >= 0.6 is 0 Å². The van der Waals surface area contributed by atoms with Crippen molar-refractivity contribution in [3.63, 3.8) is 0 Å². The van der Waals surface area contributed by atoms with Gasteiger partial charge in [0.15, 0.2) is 0 Å². The lowest BCUT2D eigenvalue weighted by molar-refractivity contribution is -0.0503. The lowest BCUT2D eigenvalue weighted by atomic mass is 10.1. The van der Waals surface area contributed by atoms with Crippen LogP contribution in [0.2, 0.25) is 0 Å². The average Bonchev–Trinajstić information content (AvgIpc) is 2.47. The van der Waals surface area contributed by atoms with Crippen molar-refractivity contribution in [3.05, 3.63) is 29.8 Å².